The van der Waals surface area contributed by atoms with Gasteiger partial charge in [0.05, 0.1) is 0 Å². The molecule has 0 aromatic heterocycles. The van der Waals surface area contributed by atoms with E-state index >= 15 is 0 Å². The number of rotatable bonds is 4. The van der Waals surface area contributed by atoms with Gasteiger partial charge in [-0.25, -0.2) is 4.79 Å². The van der Waals surface area contributed by atoms with Gasteiger partial charge in [-0.05, 0) is 12.3 Å². The Balaban J connectivity index is 3.74. The van der Waals surface area contributed by atoms with Crippen LogP contribution >= 0.6 is 0 Å². The molecule has 0 bridgehead atoms. The number of carbonyl (C=O) groups excluding carboxylic acids is 1. The molecular formula is C9H15O. The van der Waals surface area contributed by atoms with Crippen LogP contribution < -0.4 is 0 Å². The Morgan fingerprint density at radius 1 is 1.60 bits per heavy atom. The maximum Gasteiger partial charge on any atom is 0.123 e. The van der Waals surface area contributed by atoms with Crippen molar-refractivity contribution in [2.45, 2.75) is 33.6 Å². The van der Waals surface area contributed by atoms with E-state index < -0.39 is 0 Å². The molecule has 0 heterocycles. The lowest BCUT2D eigenvalue weighted by molar-refractivity contribution is 0.565. The van der Waals surface area contributed by atoms with Crippen molar-refractivity contribution >= 4 is 5.94 Å². The third-order valence-electron chi connectivity index (χ3n) is 1.18. The summed E-state index contributed by atoms with van der Waals surface area (Å²) in [7, 11) is 0. The lowest BCUT2D eigenvalue weighted by Crippen LogP contribution is -1.93. The predicted octanol–water partition coefficient (Wildman–Crippen LogP) is 2.40. The third-order valence-corrected chi connectivity index (χ3v) is 1.18. The molecule has 0 saturated heterocycles. The molecule has 0 spiro atoms. The first kappa shape index (κ1) is 9.45. The standard InChI is InChI=1S/C9H15O/c1-4-5-9(7-10)6-8(2)3/h6,8H,4-5H2,1-3H3. The molecular weight excluding hydrogens is 124 g/mol. The predicted molar refractivity (Wildman–Crippen MR) is 43.3 cm³/mol. The summed E-state index contributed by atoms with van der Waals surface area (Å²) < 4.78 is 0. The van der Waals surface area contributed by atoms with E-state index in [4.69, 9.17) is 0 Å². The molecule has 0 aromatic rings. The van der Waals surface area contributed by atoms with E-state index in [9.17, 15) is 4.79 Å². The monoisotopic (exact) mass is 139 g/mol. The van der Waals surface area contributed by atoms with Crippen molar-refractivity contribution in [2.24, 2.45) is 5.92 Å². The molecule has 0 atom stereocenters. The first-order valence-corrected chi connectivity index (χ1v) is 3.79. The average Bonchev–Trinajstić information content (AvgIpc) is 1.86. The maximum atomic E-state index is 10.2. The molecule has 0 amide bonds. The Morgan fingerprint density at radius 2 is 2.20 bits per heavy atom. The summed E-state index contributed by atoms with van der Waals surface area (Å²) in [5.41, 5.74) is 0.817. The highest BCUT2D eigenvalue weighted by Gasteiger charge is 2.00. The second kappa shape index (κ2) is 5.25. The van der Waals surface area contributed by atoms with Gasteiger partial charge in [0, 0.05) is 12.0 Å². The van der Waals surface area contributed by atoms with Gasteiger partial charge in [-0.3, -0.25) is 0 Å². The van der Waals surface area contributed by atoms with Crippen molar-refractivity contribution in [2.75, 3.05) is 0 Å². The van der Waals surface area contributed by atoms with Crippen LogP contribution in [0.4, 0.5) is 0 Å². The van der Waals surface area contributed by atoms with Gasteiger partial charge in [0.2, 0.25) is 0 Å². The lowest BCUT2D eigenvalue weighted by atomic mass is 10.0. The van der Waals surface area contributed by atoms with Gasteiger partial charge in [0.15, 0.2) is 0 Å². The highest BCUT2D eigenvalue weighted by molar-refractivity contribution is 5.55. The quantitative estimate of drug-likeness (QED) is 0.546. The second-order valence-electron chi connectivity index (χ2n) is 2.79. The Labute approximate surface area is 63.1 Å². The number of allylic oxidation sites excluding steroid dienone is 1. The van der Waals surface area contributed by atoms with Gasteiger partial charge in [0.1, 0.15) is 5.94 Å². The molecule has 10 heavy (non-hydrogen) atoms. The zero-order valence-corrected chi connectivity index (χ0v) is 6.98. The lowest BCUT2D eigenvalue weighted by Gasteiger charge is -2.02. The molecule has 0 aliphatic heterocycles. The molecule has 1 radical (unpaired) electrons. The number of hydrogen-bond acceptors (Lipinski definition) is 1. The van der Waals surface area contributed by atoms with E-state index in [0.717, 1.165) is 18.4 Å². The molecule has 1 nitrogen and oxygen atoms in total. The molecule has 0 unspecified atom stereocenters. The van der Waals surface area contributed by atoms with Crippen molar-refractivity contribution in [3.63, 3.8) is 0 Å². The van der Waals surface area contributed by atoms with E-state index in [1.807, 2.05) is 12.4 Å². The van der Waals surface area contributed by atoms with Crippen molar-refractivity contribution in [3.8, 4) is 0 Å². The van der Waals surface area contributed by atoms with Crippen LogP contribution in [0.3, 0.4) is 0 Å². The molecule has 0 fully saturated rings. The Bertz CT molecular complexity index is 130. The Hall–Kier alpha value is -0.550. The van der Waals surface area contributed by atoms with E-state index in [2.05, 4.69) is 20.8 Å². The minimum Gasteiger partial charge on any atom is -0.234 e. The first-order valence-electron chi connectivity index (χ1n) is 3.79. The zero-order valence-electron chi connectivity index (χ0n) is 6.98. The van der Waals surface area contributed by atoms with Crippen molar-refractivity contribution in [1.29, 1.82) is 0 Å². The zero-order chi connectivity index (χ0) is 7.98. The molecule has 0 aliphatic rings. The highest BCUT2D eigenvalue weighted by atomic mass is 16.1. The van der Waals surface area contributed by atoms with E-state index in [1.54, 1.807) is 0 Å². The molecule has 0 aromatic carbocycles. The van der Waals surface area contributed by atoms with Gasteiger partial charge < -0.3 is 0 Å². The summed E-state index contributed by atoms with van der Waals surface area (Å²) in [6, 6.07) is 0. The van der Waals surface area contributed by atoms with Gasteiger partial charge in [-0.2, -0.15) is 0 Å². The summed E-state index contributed by atoms with van der Waals surface area (Å²) in [6.07, 6.45) is 3.85. The van der Waals surface area contributed by atoms with Gasteiger partial charge in [0.25, 0.3) is 0 Å². The van der Waals surface area contributed by atoms with Gasteiger partial charge >= 0.3 is 0 Å². The summed E-state index contributed by atoms with van der Waals surface area (Å²) in [4.78, 5) is 10.2. The third kappa shape index (κ3) is 4.34. The molecule has 0 rings (SSSR count). The topological polar surface area (TPSA) is 17.1 Å². The normalized spacial score (nSPS) is 9.60. The van der Waals surface area contributed by atoms with Crippen LogP contribution in [0.5, 0.6) is 0 Å². The van der Waals surface area contributed by atoms with Crippen molar-refractivity contribution in [3.05, 3.63) is 12.0 Å². The summed E-state index contributed by atoms with van der Waals surface area (Å²) in [6.45, 7) is 6.19. The van der Waals surface area contributed by atoms with Gasteiger partial charge in [-0.1, -0.05) is 27.2 Å². The maximum absolute atomic E-state index is 10.2. The average molecular weight is 139 g/mol. The largest absolute Gasteiger partial charge is 0.234 e. The van der Waals surface area contributed by atoms with Crippen LogP contribution in [0.2, 0.25) is 0 Å². The van der Waals surface area contributed by atoms with Crippen LogP contribution in [0.15, 0.2) is 5.57 Å². The Kier molecular flexibility index (Phi) is 4.96. The van der Waals surface area contributed by atoms with E-state index in [0.29, 0.717) is 5.92 Å². The Morgan fingerprint density at radius 3 is 2.50 bits per heavy atom. The first-order chi connectivity index (χ1) is 4.70. The van der Waals surface area contributed by atoms with E-state index in [1.165, 1.54) is 0 Å². The van der Waals surface area contributed by atoms with Crippen molar-refractivity contribution in [1.82, 2.24) is 0 Å². The summed E-state index contributed by atoms with van der Waals surface area (Å²) in [5, 5.41) is 0. The van der Waals surface area contributed by atoms with Gasteiger partial charge in [-0.15, -0.1) is 0 Å². The fourth-order valence-corrected chi connectivity index (χ4v) is 0.840. The minimum atomic E-state index is 0.461. The molecule has 0 N–H and O–H groups in total. The van der Waals surface area contributed by atoms with E-state index in [-0.39, 0.29) is 0 Å². The number of hydrogen-bond donors (Lipinski definition) is 0. The fraction of sp³-hybridized carbons (Fsp3) is 0.667. The SMILES string of the molecule is CCCC(=C=O)[CH]C(C)C. The van der Waals surface area contributed by atoms with Crippen LogP contribution in [0, 0.1) is 12.3 Å². The van der Waals surface area contributed by atoms with Crippen LogP contribution in [-0.4, -0.2) is 5.94 Å². The molecule has 0 saturated carbocycles. The smallest absolute Gasteiger partial charge is 0.123 e. The van der Waals surface area contributed by atoms with Crippen molar-refractivity contribution < 1.29 is 4.79 Å². The molecule has 0 aliphatic carbocycles. The summed E-state index contributed by atoms with van der Waals surface area (Å²) in [5.74, 6) is 2.41. The highest BCUT2D eigenvalue weighted by Crippen LogP contribution is 2.10. The fourth-order valence-electron chi connectivity index (χ4n) is 0.840. The second-order valence-corrected chi connectivity index (χ2v) is 2.79. The van der Waals surface area contributed by atoms with Crippen LogP contribution in [0.25, 0.3) is 0 Å². The van der Waals surface area contributed by atoms with Crippen LogP contribution in [0.1, 0.15) is 33.6 Å². The minimum absolute atomic E-state index is 0.461. The summed E-state index contributed by atoms with van der Waals surface area (Å²) >= 11 is 0. The molecule has 57 valence electrons. The van der Waals surface area contributed by atoms with Crippen LogP contribution in [-0.2, 0) is 4.79 Å². The molecule has 1 heteroatoms.